The molecular formula is C11H16ClF2N. The zero-order chi connectivity index (χ0) is 10.7. The van der Waals surface area contributed by atoms with Crippen molar-refractivity contribution in [1.82, 2.24) is 0 Å². The van der Waals surface area contributed by atoms with Crippen LogP contribution < -0.4 is 5.73 Å². The maximum absolute atomic E-state index is 12.2. The summed E-state index contributed by atoms with van der Waals surface area (Å²) in [6, 6.07) is 6.13. The summed E-state index contributed by atoms with van der Waals surface area (Å²) in [5.41, 5.74) is 6.83. The molecule has 0 radical (unpaired) electrons. The van der Waals surface area contributed by atoms with E-state index in [1.54, 1.807) is 12.1 Å². The maximum atomic E-state index is 12.2. The Kier molecular flexibility index (Phi) is 5.76. The van der Waals surface area contributed by atoms with E-state index in [9.17, 15) is 8.78 Å². The number of rotatable bonds is 3. The molecule has 0 aliphatic rings. The Morgan fingerprint density at radius 3 is 1.73 bits per heavy atom. The second kappa shape index (κ2) is 6.03. The van der Waals surface area contributed by atoms with E-state index in [-0.39, 0.29) is 24.0 Å². The summed E-state index contributed by atoms with van der Waals surface area (Å²) < 4.78 is 24.5. The van der Waals surface area contributed by atoms with E-state index >= 15 is 0 Å². The first-order valence-corrected chi connectivity index (χ1v) is 4.66. The van der Waals surface area contributed by atoms with Crippen LogP contribution in [-0.2, 0) is 0 Å². The molecule has 0 saturated carbocycles. The van der Waals surface area contributed by atoms with Crippen LogP contribution in [0.5, 0.6) is 0 Å². The van der Waals surface area contributed by atoms with E-state index < -0.39 is 6.43 Å². The third-order valence-corrected chi connectivity index (χ3v) is 2.29. The molecule has 1 rings (SSSR count). The van der Waals surface area contributed by atoms with Gasteiger partial charge in [-0.25, -0.2) is 8.78 Å². The molecule has 0 bridgehead atoms. The zero-order valence-corrected chi connectivity index (χ0v) is 9.60. The molecule has 1 atom stereocenters. The fourth-order valence-corrected chi connectivity index (χ4v) is 1.25. The highest BCUT2D eigenvalue weighted by Crippen LogP contribution is 2.23. The molecule has 86 valence electrons. The highest BCUT2D eigenvalue weighted by atomic mass is 35.5. The molecule has 0 aliphatic heterocycles. The Morgan fingerprint density at radius 1 is 1.00 bits per heavy atom. The van der Waals surface area contributed by atoms with E-state index in [1.807, 2.05) is 13.8 Å². The molecule has 4 heteroatoms. The first kappa shape index (κ1) is 14.3. The first-order valence-electron chi connectivity index (χ1n) is 4.66. The van der Waals surface area contributed by atoms with Crippen LogP contribution in [0.4, 0.5) is 8.78 Å². The van der Waals surface area contributed by atoms with Crippen molar-refractivity contribution in [3.8, 4) is 0 Å². The van der Waals surface area contributed by atoms with Gasteiger partial charge in [-0.15, -0.1) is 12.4 Å². The SMILES string of the molecule is CC(C)[C@@H](N)c1ccc(C(F)F)cc1.Cl. The van der Waals surface area contributed by atoms with Gasteiger partial charge in [-0.05, 0) is 11.5 Å². The summed E-state index contributed by atoms with van der Waals surface area (Å²) in [7, 11) is 0. The maximum Gasteiger partial charge on any atom is 0.263 e. The number of halogens is 3. The Labute approximate surface area is 95.1 Å². The summed E-state index contributed by atoms with van der Waals surface area (Å²) in [4.78, 5) is 0. The van der Waals surface area contributed by atoms with Crippen molar-refractivity contribution in [3.05, 3.63) is 35.4 Å². The number of hydrogen-bond donors (Lipinski definition) is 1. The normalized spacial score (nSPS) is 12.7. The zero-order valence-electron chi connectivity index (χ0n) is 8.78. The van der Waals surface area contributed by atoms with Gasteiger partial charge in [0.2, 0.25) is 0 Å². The molecule has 2 N–H and O–H groups in total. The summed E-state index contributed by atoms with van der Waals surface area (Å²) in [5.74, 6) is 0.312. The lowest BCUT2D eigenvalue weighted by molar-refractivity contribution is 0.151. The Balaban J connectivity index is 0.00000196. The van der Waals surface area contributed by atoms with Crippen molar-refractivity contribution in [2.24, 2.45) is 11.7 Å². The molecule has 0 spiro atoms. The lowest BCUT2D eigenvalue weighted by Gasteiger charge is -2.16. The van der Waals surface area contributed by atoms with Gasteiger partial charge in [-0.3, -0.25) is 0 Å². The van der Waals surface area contributed by atoms with E-state index in [2.05, 4.69) is 0 Å². The van der Waals surface area contributed by atoms with Crippen molar-refractivity contribution in [2.45, 2.75) is 26.3 Å². The molecule has 1 nitrogen and oxygen atoms in total. The number of hydrogen-bond acceptors (Lipinski definition) is 1. The lowest BCUT2D eigenvalue weighted by atomic mass is 9.96. The smallest absolute Gasteiger partial charge is 0.263 e. The minimum Gasteiger partial charge on any atom is -0.324 e. The molecule has 0 unspecified atom stereocenters. The summed E-state index contributed by atoms with van der Waals surface area (Å²) >= 11 is 0. The summed E-state index contributed by atoms with van der Waals surface area (Å²) in [5, 5.41) is 0. The monoisotopic (exact) mass is 235 g/mol. The number of benzene rings is 1. The average Bonchev–Trinajstić information content (AvgIpc) is 2.16. The van der Waals surface area contributed by atoms with Crippen LogP contribution >= 0.6 is 12.4 Å². The van der Waals surface area contributed by atoms with Gasteiger partial charge in [0.15, 0.2) is 0 Å². The van der Waals surface area contributed by atoms with Crippen molar-refractivity contribution in [1.29, 1.82) is 0 Å². The van der Waals surface area contributed by atoms with Gasteiger partial charge >= 0.3 is 0 Å². The van der Waals surface area contributed by atoms with Crippen LogP contribution in [0.2, 0.25) is 0 Å². The molecule has 1 aromatic carbocycles. The predicted octanol–water partition coefficient (Wildman–Crippen LogP) is 3.70. The molecule has 0 heterocycles. The van der Waals surface area contributed by atoms with Crippen LogP contribution in [0, 0.1) is 5.92 Å². The van der Waals surface area contributed by atoms with Crippen molar-refractivity contribution in [2.75, 3.05) is 0 Å². The van der Waals surface area contributed by atoms with Crippen LogP contribution in [0.1, 0.15) is 37.4 Å². The minimum absolute atomic E-state index is 0. The number of nitrogens with two attached hydrogens (primary N) is 1. The third kappa shape index (κ3) is 3.76. The summed E-state index contributed by atoms with van der Waals surface area (Å²) in [6.45, 7) is 4.01. The highest BCUT2D eigenvalue weighted by molar-refractivity contribution is 5.85. The van der Waals surface area contributed by atoms with Gasteiger partial charge in [0, 0.05) is 11.6 Å². The van der Waals surface area contributed by atoms with Gasteiger partial charge in [0.05, 0.1) is 0 Å². The first-order chi connectivity index (χ1) is 6.52. The quantitative estimate of drug-likeness (QED) is 0.850. The lowest BCUT2D eigenvalue weighted by Crippen LogP contribution is -2.16. The van der Waals surface area contributed by atoms with E-state index in [4.69, 9.17) is 5.73 Å². The molecule has 0 fully saturated rings. The Morgan fingerprint density at radius 2 is 1.40 bits per heavy atom. The fourth-order valence-electron chi connectivity index (χ4n) is 1.25. The summed E-state index contributed by atoms with van der Waals surface area (Å²) in [6.07, 6.45) is -2.40. The van der Waals surface area contributed by atoms with Gasteiger partial charge < -0.3 is 5.73 Å². The largest absolute Gasteiger partial charge is 0.324 e. The highest BCUT2D eigenvalue weighted by Gasteiger charge is 2.11. The van der Waals surface area contributed by atoms with Crippen molar-refractivity contribution in [3.63, 3.8) is 0 Å². The topological polar surface area (TPSA) is 26.0 Å². The van der Waals surface area contributed by atoms with Gasteiger partial charge in [0.1, 0.15) is 0 Å². The van der Waals surface area contributed by atoms with E-state index in [0.29, 0.717) is 5.92 Å². The van der Waals surface area contributed by atoms with Crippen molar-refractivity contribution < 1.29 is 8.78 Å². The second-order valence-electron chi connectivity index (χ2n) is 3.74. The minimum atomic E-state index is -2.40. The molecule has 0 saturated heterocycles. The van der Waals surface area contributed by atoms with Crippen LogP contribution in [0.25, 0.3) is 0 Å². The number of alkyl halides is 2. The fraction of sp³-hybridized carbons (Fsp3) is 0.455. The van der Waals surface area contributed by atoms with Crippen LogP contribution in [-0.4, -0.2) is 0 Å². The molecular weight excluding hydrogens is 220 g/mol. The third-order valence-electron chi connectivity index (χ3n) is 2.29. The van der Waals surface area contributed by atoms with E-state index in [1.165, 1.54) is 12.1 Å². The molecule has 0 aromatic heterocycles. The second-order valence-corrected chi connectivity index (χ2v) is 3.74. The van der Waals surface area contributed by atoms with Gasteiger partial charge in [-0.2, -0.15) is 0 Å². The Hall–Kier alpha value is -0.670. The van der Waals surface area contributed by atoms with E-state index in [0.717, 1.165) is 5.56 Å². The van der Waals surface area contributed by atoms with Gasteiger partial charge in [-0.1, -0.05) is 38.1 Å². The average molecular weight is 236 g/mol. The van der Waals surface area contributed by atoms with Crippen LogP contribution in [0.15, 0.2) is 24.3 Å². The molecule has 1 aromatic rings. The molecule has 0 aliphatic carbocycles. The molecule has 0 amide bonds. The van der Waals surface area contributed by atoms with Crippen LogP contribution in [0.3, 0.4) is 0 Å². The predicted molar refractivity (Wildman–Crippen MR) is 60.4 cm³/mol. The Bertz CT molecular complexity index is 285. The van der Waals surface area contributed by atoms with Crippen molar-refractivity contribution >= 4 is 12.4 Å². The molecule has 15 heavy (non-hydrogen) atoms. The van der Waals surface area contributed by atoms with Gasteiger partial charge in [0.25, 0.3) is 6.43 Å². The standard InChI is InChI=1S/C11H15F2N.ClH/c1-7(2)10(14)8-3-5-9(6-4-8)11(12)13;/h3-7,10-11H,14H2,1-2H3;1H/t10-;/m1./s1.